The smallest absolute Gasteiger partial charge is 0.241 e. The molecule has 0 atom stereocenters. The highest BCUT2D eigenvalue weighted by atomic mass is 35.5. The van der Waals surface area contributed by atoms with E-state index < -0.39 is 21.5 Å². The number of ether oxygens (including phenoxy) is 1. The largest absolute Gasteiger partial charge is 0.497 e. The molecule has 0 saturated heterocycles. The van der Waals surface area contributed by atoms with Gasteiger partial charge in [0.1, 0.15) is 17.0 Å². The summed E-state index contributed by atoms with van der Waals surface area (Å²) < 4.78 is 30.4. The van der Waals surface area contributed by atoms with Crippen LogP contribution in [-0.2, 0) is 14.6 Å². The van der Waals surface area contributed by atoms with E-state index in [2.05, 4.69) is 10.3 Å². The van der Waals surface area contributed by atoms with Gasteiger partial charge < -0.3 is 10.1 Å². The van der Waals surface area contributed by atoms with Crippen LogP contribution in [0.1, 0.15) is 0 Å². The van der Waals surface area contributed by atoms with Crippen LogP contribution in [-0.4, -0.2) is 32.2 Å². The maximum Gasteiger partial charge on any atom is 0.241 e. The Bertz CT molecular complexity index is 1030. The van der Waals surface area contributed by atoms with Gasteiger partial charge in [-0.25, -0.2) is 13.4 Å². The molecule has 0 bridgehead atoms. The normalized spacial score (nSPS) is 11.4. The predicted octanol–water partition coefficient (Wildman–Crippen LogP) is 3.37. The molecule has 1 amide bonds. The topological polar surface area (TPSA) is 85.4 Å². The number of aromatic nitrogens is 1. The van der Waals surface area contributed by atoms with Crippen molar-refractivity contribution >= 4 is 54.0 Å². The minimum Gasteiger partial charge on any atom is -0.497 e. The quantitative estimate of drug-likeness (QED) is 0.714. The van der Waals surface area contributed by atoms with Crippen molar-refractivity contribution in [1.29, 1.82) is 0 Å². The molecule has 1 heterocycles. The summed E-state index contributed by atoms with van der Waals surface area (Å²) in [4.78, 5) is 16.4. The first kappa shape index (κ1) is 17.7. The van der Waals surface area contributed by atoms with Crippen LogP contribution in [0, 0.1) is 0 Å². The summed E-state index contributed by atoms with van der Waals surface area (Å²) in [6.07, 6.45) is 0. The van der Waals surface area contributed by atoms with E-state index in [1.165, 1.54) is 42.7 Å². The second kappa shape index (κ2) is 6.99. The zero-order valence-corrected chi connectivity index (χ0v) is 15.4. The molecule has 6 nitrogen and oxygen atoms in total. The number of para-hydroxylation sites is 1. The number of benzene rings is 2. The van der Waals surface area contributed by atoms with Crippen molar-refractivity contribution in [2.45, 2.75) is 4.90 Å². The molecule has 0 aliphatic rings. The van der Waals surface area contributed by atoms with Gasteiger partial charge in [0, 0.05) is 0 Å². The zero-order valence-electron chi connectivity index (χ0n) is 13.0. The fraction of sp³-hybridized carbons (Fsp3) is 0.125. The van der Waals surface area contributed by atoms with E-state index in [0.717, 1.165) is 4.70 Å². The molecule has 0 unspecified atom stereocenters. The summed E-state index contributed by atoms with van der Waals surface area (Å²) in [5, 5.41) is 3.29. The second-order valence-corrected chi connectivity index (χ2v) is 8.52. The molecular weight excluding hydrogens is 384 g/mol. The van der Waals surface area contributed by atoms with Crippen LogP contribution in [0.4, 0.5) is 5.13 Å². The number of thiazole rings is 1. The monoisotopic (exact) mass is 396 g/mol. The first-order valence-corrected chi connectivity index (χ1v) is 9.95. The van der Waals surface area contributed by atoms with E-state index in [1.807, 2.05) is 6.07 Å². The Labute approximate surface area is 153 Å². The Hall–Kier alpha value is -2.16. The Balaban J connectivity index is 1.75. The van der Waals surface area contributed by atoms with Gasteiger partial charge in [-0.2, -0.15) is 0 Å². The summed E-state index contributed by atoms with van der Waals surface area (Å²) in [7, 11) is -2.27. The Morgan fingerprint density at radius 2 is 1.96 bits per heavy atom. The van der Waals surface area contributed by atoms with Gasteiger partial charge >= 0.3 is 0 Å². The zero-order chi connectivity index (χ0) is 18.0. The summed E-state index contributed by atoms with van der Waals surface area (Å²) in [5.41, 5.74) is 0.572. The van der Waals surface area contributed by atoms with Crippen molar-refractivity contribution in [1.82, 2.24) is 4.98 Å². The third kappa shape index (κ3) is 3.92. The number of hydrogen-bond acceptors (Lipinski definition) is 6. The fourth-order valence-corrected chi connectivity index (χ4v) is 4.48. The Morgan fingerprint density at radius 3 is 2.60 bits per heavy atom. The highest BCUT2D eigenvalue weighted by Gasteiger charge is 2.20. The maximum atomic E-state index is 12.3. The highest BCUT2D eigenvalue weighted by molar-refractivity contribution is 7.92. The van der Waals surface area contributed by atoms with Crippen molar-refractivity contribution in [2.75, 3.05) is 18.2 Å². The summed E-state index contributed by atoms with van der Waals surface area (Å²) >= 11 is 7.27. The molecule has 0 saturated carbocycles. The van der Waals surface area contributed by atoms with Gasteiger partial charge in [0.2, 0.25) is 5.91 Å². The number of sulfone groups is 1. The van der Waals surface area contributed by atoms with Crippen LogP contribution in [0.5, 0.6) is 5.75 Å². The van der Waals surface area contributed by atoms with Gasteiger partial charge in [0.25, 0.3) is 0 Å². The van der Waals surface area contributed by atoms with Gasteiger partial charge in [0.15, 0.2) is 15.0 Å². The maximum absolute atomic E-state index is 12.3. The summed E-state index contributed by atoms with van der Waals surface area (Å²) in [6.45, 7) is 0. The number of amides is 1. The van der Waals surface area contributed by atoms with Crippen molar-refractivity contribution < 1.29 is 17.9 Å². The lowest BCUT2D eigenvalue weighted by Crippen LogP contribution is -2.22. The van der Waals surface area contributed by atoms with E-state index in [1.54, 1.807) is 12.1 Å². The minimum absolute atomic E-state index is 0.0517. The van der Waals surface area contributed by atoms with E-state index in [-0.39, 0.29) is 4.90 Å². The first-order valence-electron chi connectivity index (χ1n) is 7.11. The molecule has 0 fully saturated rings. The predicted molar refractivity (Wildman–Crippen MR) is 98.3 cm³/mol. The van der Waals surface area contributed by atoms with Crippen LogP contribution in [0.3, 0.4) is 0 Å². The minimum atomic E-state index is -3.76. The number of nitrogens with zero attached hydrogens (tertiary/aromatic N) is 1. The molecular formula is C16H13ClN2O4S2. The van der Waals surface area contributed by atoms with E-state index in [0.29, 0.717) is 21.4 Å². The van der Waals surface area contributed by atoms with Gasteiger partial charge in [0.05, 0.1) is 21.7 Å². The number of hydrogen-bond donors (Lipinski definition) is 1. The summed E-state index contributed by atoms with van der Waals surface area (Å²) in [5.74, 6) is -0.802. The molecule has 2 aromatic carbocycles. The number of halogens is 1. The van der Waals surface area contributed by atoms with Crippen LogP contribution in [0.25, 0.3) is 10.2 Å². The molecule has 3 aromatic rings. The average Bonchev–Trinajstić information content (AvgIpc) is 2.98. The third-order valence-electron chi connectivity index (χ3n) is 3.36. The number of methoxy groups -OCH3 is 1. The van der Waals surface area contributed by atoms with E-state index >= 15 is 0 Å². The molecule has 0 aliphatic carbocycles. The van der Waals surface area contributed by atoms with Gasteiger partial charge in [-0.05, 0) is 36.4 Å². The molecule has 130 valence electrons. The lowest BCUT2D eigenvalue weighted by Gasteiger charge is -2.05. The number of anilines is 1. The van der Waals surface area contributed by atoms with Gasteiger partial charge in [-0.3, -0.25) is 4.79 Å². The molecule has 9 heteroatoms. The van der Waals surface area contributed by atoms with Crippen molar-refractivity contribution in [3.8, 4) is 5.75 Å². The second-order valence-electron chi connectivity index (χ2n) is 5.09. The van der Waals surface area contributed by atoms with Crippen LogP contribution >= 0.6 is 22.9 Å². The number of nitrogens with one attached hydrogen (secondary N) is 1. The van der Waals surface area contributed by atoms with Crippen molar-refractivity contribution in [2.24, 2.45) is 0 Å². The number of carbonyl (C=O) groups is 1. The standard InChI is InChI=1S/C16H13ClN2O4S2/c1-23-10-5-7-11(8-6-10)25(21,22)9-14(20)18-16-19-15-12(17)3-2-4-13(15)24-16/h2-8H,9H2,1H3,(H,18,19,20). The van der Waals surface area contributed by atoms with Crippen LogP contribution < -0.4 is 10.1 Å². The van der Waals surface area contributed by atoms with E-state index in [4.69, 9.17) is 16.3 Å². The third-order valence-corrected chi connectivity index (χ3v) is 6.23. The molecule has 0 radical (unpaired) electrons. The molecule has 3 rings (SSSR count). The van der Waals surface area contributed by atoms with Gasteiger partial charge in [-0.15, -0.1) is 0 Å². The Morgan fingerprint density at radius 1 is 1.24 bits per heavy atom. The number of fused-ring (bicyclic) bond motifs is 1. The molecule has 1 aromatic heterocycles. The lowest BCUT2D eigenvalue weighted by molar-refractivity contribution is -0.113. The van der Waals surface area contributed by atoms with Crippen LogP contribution in [0.15, 0.2) is 47.4 Å². The highest BCUT2D eigenvalue weighted by Crippen LogP contribution is 2.30. The van der Waals surface area contributed by atoms with Crippen molar-refractivity contribution in [3.63, 3.8) is 0 Å². The lowest BCUT2D eigenvalue weighted by atomic mass is 10.3. The SMILES string of the molecule is COc1ccc(S(=O)(=O)CC(=O)Nc2nc3c(Cl)cccc3s2)cc1. The average molecular weight is 397 g/mol. The molecule has 1 N–H and O–H groups in total. The summed E-state index contributed by atoms with van der Waals surface area (Å²) in [6, 6.07) is 11.2. The van der Waals surface area contributed by atoms with Crippen LogP contribution in [0.2, 0.25) is 5.02 Å². The number of carbonyl (C=O) groups excluding carboxylic acids is 1. The van der Waals surface area contributed by atoms with Crippen molar-refractivity contribution in [3.05, 3.63) is 47.5 Å². The molecule has 25 heavy (non-hydrogen) atoms. The first-order chi connectivity index (χ1) is 11.9. The fourth-order valence-electron chi connectivity index (χ4n) is 2.16. The van der Waals surface area contributed by atoms with Gasteiger partial charge in [-0.1, -0.05) is 29.0 Å². The van der Waals surface area contributed by atoms with E-state index in [9.17, 15) is 13.2 Å². The molecule has 0 aliphatic heterocycles. The Kier molecular flexibility index (Phi) is 4.94. The number of rotatable bonds is 5. The molecule has 0 spiro atoms.